The molecule has 1 atom stereocenters. The van der Waals surface area contributed by atoms with Crippen molar-refractivity contribution in [1.29, 1.82) is 0 Å². The maximum Gasteiger partial charge on any atom is 0.167 e. The molecule has 2 aliphatic carbocycles. The predicted octanol–water partition coefficient (Wildman–Crippen LogP) is 7.76. The van der Waals surface area contributed by atoms with Gasteiger partial charge in [0.2, 0.25) is 0 Å². The first-order valence-corrected chi connectivity index (χ1v) is 14.5. The molecule has 0 bridgehead atoms. The van der Waals surface area contributed by atoms with Crippen molar-refractivity contribution in [2.45, 2.75) is 25.3 Å². The minimum absolute atomic E-state index is 0.149. The molecule has 39 heavy (non-hydrogen) atoms. The van der Waals surface area contributed by atoms with E-state index in [-0.39, 0.29) is 6.04 Å². The predicted molar refractivity (Wildman–Crippen MR) is 162 cm³/mol. The van der Waals surface area contributed by atoms with Crippen LogP contribution in [0.4, 0.5) is 5.69 Å². The smallest absolute Gasteiger partial charge is 0.167 e. The van der Waals surface area contributed by atoms with Gasteiger partial charge < -0.3 is 0 Å². The summed E-state index contributed by atoms with van der Waals surface area (Å²) in [5, 5.41) is 20.9. The Hall–Kier alpha value is -4.35. The van der Waals surface area contributed by atoms with Crippen molar-refractivity contribution in [2.24, 2.45) is 10.2 Å². The quantitative estimate of drug-likeness (QED) is 0.111. The molecule has 0 aliphatic heterocycles. The molecule has 0 N–H and O–H groups in total. The zero-order valence-electron chi connectivity index (χ0n) is 21.1. The molecule has 0 fully saturated rings. The summed E-state index contributed by atoms with van der Waals surface area (Å²) in [6.07, 6.45) is 10.2. The van der Waals surface area contributed by atoms with E-state index in [0.29, 0.717) is 11.3 Å². The summed E-state index contributed by atoms with van der Waals surface area (Å²) >= 11 is 0. The third-order valence-electron chi connectivity index (χ3n) is 8.28. The maximum atomic E-state index is 11.2. The van der Waals surface area contributed by atoms with Crippen LogP contribution in [0.1, 0.15) is 18.4 Å². The minimum Gasteiger partial charge on any atom is -0.227 e. The standard InChI is InChI=1S/C34H24N2O2S/c37-39(38)27-16-14-26(15-17-27)36-35-25-12-9-22(10-13-25)31-28-6-2-4-21-7-8-24-19-23-5-1-3-20-11-18-29(31)34(30(20)23)33(24)32(21)28/h1,3,5-14,16-19,26,39H,2,4,15H2/b36-35-. The Labute approximate surface area is 226 Å². The van der Waals surface area contributed by atoms with Crippen LogP contribution in [-0.2, 0) is 17.1 Å². The fourth-order valence-electron chi connectivity index (χ4n) is 6.54. The van der Waals surface area contributed by atoms with Crippen LogP contribution >= 0.6 is 0 Å². The van der Waals surface area contributed by atoms with Gasteiger partial charge in [-0.3, -0.25) is 0 Å². The zero-order chi connectivity index (χ0) is 26.1. The highest BCUT2D eigenvalue weighted by molar-refractivity contribution is 7.77. The fraction of sp³-hybridized carbons (Fsp3) is 0.118. The van der Waals surface area contributed by atoms with Crippen molar-refractivity contribution < 1.29 is 8.42 Å². The van der Waals surface area contributed by atoms with Gasteiger partial charge in [0.05, 0.1) is 16.6 Å². The van der Waals surface area contributed by atoms with Crippen LogP contribution in [0, 0.1) is 0 Å². The highest BCUT2D eigenvalue weighted by Gasteiger charge is 2.21. The van der Waals surface area contributed by atoms with Crippen molar-refractivity contribution in [1.82, 2.24) is 0 Å². The Morgan fingerprint density at radius 2 is 1.59 bits per heavy atom. The van der Waals surface area contributed by atoms with Crippen LogP contribution in [0.2, 0.25) is 0 Å². The average Bonchev–Trinajstić information content (AvgIpc) is 2.98. The molecule has 0 spiro atoms. The Morgan fingerprint density at radius 1 is 0.769 bits per heavy atom. The number of hydrogen-bond acceptors (Lipinski definition) is 4. The molecule has 0 saturated carbocycles. The van der Waals surface area contributed by atoms with Crippen LogP contribution in [-0.4, -0.2) is 14.5 Å². The number of nitrogens with zero attached hydrogens (tertiary/aromatic N) is 2. The Morgan fingerprint density at radius 3 is 2.41 bits per heavy atom. The van der Waals surface area contributed by atoms with Crippen molar-refractivity contribution >= 4 is 65.6 Å². The highest BCUT2D eigenvalue weighted by atomic mass is 32.2. The Balaban J connectivity index is 1.29. The van der Waals surface area contributed by atoms with Gasteiger partial charge in [-0.1, -0.05) is 72.8 Å². The molecule has 0 saturated heterocycles. The second-order valence-corrected chi connectivity index (χ2v) is 11.5. The lowest BCUT2D eigenvalue weighted by atomic mass is 9.81. The van der Waals surface area contributed by atoms with E-state index in [1.165, 1.54) is 65.0 Å². The number of thiol groups is 1. The third-order valence-corrected chi connectivity index (χ3v) is 9.03. The van der Waals surface area contributed by atoms with Gasteiger partial charge in [0.25, 0.3) is 0 Å². The van der Waals surface area contributed by atoms with E-state index in [0.717, 1.165) is 18.5 Å². The number of benzene rings is 6. The summed E-state index contributed by atoms with van der Waals surface area (Å²) in [6.45, 7) is 0. The molecule has 2 aliphatic rings. The van der Waals surface area contributed by atoms with Gasteiger partial charge >= 0.3 is 0 Å². The van der Waals surface area contributed by atoms with E-state index in [9.17, 15) is 8.42 Å². The summed E-state index contributed by atoms with van der Waals surface area (Å²) < 4.78 is 22.3. The van der Waals surface area contributed by atoms with Crippen molar-refractivity contribution in [3.8, 4) is 11.1 Å². The summed E-state index contributed by atoms with van der Waals surface area (Å²) in [4.78, 5) is 0.344. The maximum absolute atomic E-state index is 11.2. The molecule has 0 radical (unpaired) electrons. The normalized spacial score (nSPS) is 17.3. The van der Waals surface area contributed by atoms with Gasteiger partial charge in [0.1, 0.15) is 0 Å². The lowest BCUT2D eigenvalue weighted by Crippen LogP contribution is -2.14. The number of rotatable bonds is 4. The summed E-state index contributed by atoms with van der Waals surface area (Å²) in [5.74, 6) is 0. The van der Waals surface area contributed by atoms with Crippen LogP contribution in [0.3, 0.4) is 0 Å². The molecule has 0 aromatic heterocycles. The molecule has 6 aromatic rings. The van der Waals surface area contributed by atoms with Crippen LogP contribution in [0.25, 0.3) is 60.3 Å². The first-order valence-electron chi connectivity index (χ1n) is 13.3. The monoisotopic (exact) mass is 524 g/mol. The highest BCUT2D eigenvalue weighted by Crippen LogP contribution is 2.43. The minimum atomic E-state index is -2.55. The summed E-state index contributed by atoms with van der Waals surface area (Å²) in [5.41, 5.74) is 4.68. The Bertz CT molecular complexity index is 2180. The topological polar surface area (TPSA) is 58.9 Å². The second kappa shape index (κ2) is 8.58. The van der Waals surface area contributed by atoms with E-state index in [4.69, 9.17) is 0 Å². The van der Waals surface area contributed by atoms with Gasteiger partial charge in [0, 0.05) is 0 Å². The largest absolute Gasteiger partial charge is 0.227 e. The van der Waals surface area contributed by atoms with Crippen LogP contribution < -0.4 is 5.22 Å². The molecular weight excluding hydrogens is 500 g/mol. The van der Waals surface area contributed by atoms with Crippen molar-refractivity contribution in [2.75, 3.05) is 0 Å². The zero-order valence-corrected chi connectivity index (χ0v) is 22.0. The van der Waals surface area contributed by atoms with Gasteiger partial charge in [0.15, 0.2) is 10.7 Å². The number of azo groups is 1. The molecule has 8 rings (SSSR count). The molecule has 6 aromatic carbocycles. The average molecular weight is 525 g/mol. The third kappa shape index (κ3) is 3.46. The molecule has 1 unspecified atom stereocenters. The molecule has 0 amide bonds. The van der Waals surface area contributed by atoms with E-state index >= 15 is 0 Å². The fourth-order valence-corrected chi connectivity index (χ4v) is 7.00. The molecule has 4 nitrogen and oxygen atoms in total. The Kier molecular flexibility index (Phi) is 4.98. The van der Waals surface area contributed by atoms with Gasteiger partial charge in [-0.25, -0.2) is 8.42 Å². The van der Waals surface area contributed by atoms with E-state index < -0.39 is 10.7 Å². The van der Waals surface area contributed by atoms with Gasteiger partial charge in [-0.05, 0) is 109 Å². The summed E-state index contributed by atoms with van der Waals surface area (Å²) in [7, 11) is -2.55. The van der Waals surface area contributed by atoms with Crippen molar-refractivity contribution in [3.05, 3.63) is 107 Å². The van der Waals surface area contributed by atoms with Crippen LogP contribution in [0.5, 0.6) is 0 Å². The van der Waals surface area contributed by atoms with E-state index in [1.807, 2.05) is 12.1 Å². The summed E-state index contributed by atoms with van der Waals surface area (Å²) in [6, 6.07) is 26.4. The van der Waals surface area contributed by atoms with Gasteiger partial charge in [-0.2, -0.15) is 10.2 Å². The van der Waals surface area contributed by atoms with E-state index in [1.54, 1.807) is 18.2 Å². The van der Waals surface area contributed by atoms with Gasteiger partial charge in [-0.15, -0.1) is 0 Å². The van der Waals surface area contributed by atoms with Crippen molar-refractivity contribution in [3.63, 3.8) is 0 Å². The number of hydrogen-bond donors (Lipinski definition) is 1. The SMILES string of the molecule is O=[SH](=O)C1=CCC(/N=N\c2ccc(-c3c4c5c(ccc6cc7cccc8ccc3c(c87)c65)CCC=4)cc2)C=C1. The lowest BCUT2D eigenvalue weighted by molar-refractivity contribution is 0.619. The van der Waals surface area contributed by atoms with E-state index in [2.05, 4.69) is 77.0 Å². The molecule has 5 heteroatoms. The van der Waals surface area contributed by atoms with Crippen LogP contribution in [0.15, 0.2) is 106 Å². The second-order valence-electron chi connectivity index (χ2n) is 10.5. The molecule has 0 heterocycles. The molecular formula is C34H24N2O2S. The first-order chi connectivity index (χ1) is 19.2. The number of aryl methyl sites for hydroxylation is 1. The lowest BCUT2D eigenvalue weighted by Gasteiger charge is -2.22. The molecule has 188 valence electrons. The number of allylic oxidation sites excluding steroid dienone is 1. The first kappa shape index (κ1) is 22.6.